The summed E-state index contributed by atoms with van der Waals surface area (Å²) in [6.07, 6.45) is 3.25. The van der Waals surface area contributed by atoms with Crippen molar-refractivity contribution in [3.05, 3.63) is 29.7 Å². The van der Waals surface area contributed by atoms with Gasteiger partial charge in [-0.3, -0.25) is 9.58 Å². The van der Waals surface area contributed by atoms with Crippen molar-refractivity contribution in [3.63, 3.8) is 0 Å². The Labute approximate surface area is 124 Å². The van der Waals surface area contributed by atoms with Crippen LogP contribution in [0, 0.1) is 13.8 Å². The molecule has 0 aliphatic carbocycles. The Morgan fingerprint density at radius 2 is 1.95 bits per heavy atom. The predicted molar refractivity (Wildman–Crippen MR) is 80.0 cm³/mol. The number of likely N-dealkylation sites (N-methyl/N-ethyl adjacent to an activating group) is 1. The molecule has 21 heavy (non-hydrogen) atoms. The number of hydrogen-bond acceptors (Lipinski definition) is 6. The molecule has 0 radical (unpaired) electrons. The molecule has 0 spiro atoms. The van der Waals surface area contributed by atoms with Gasteiger partial charge in [-0.25, -0.2) is 15.0 Å². The molecule has 1 aliphatic rings. The third kappa shape index (κ3) is 2.61. The molecule has 2 aromatic rings. The van der Waals surface area contributed by atoms with Crippen LogP contribution in [0.5, 0.6) is 0 Å². The van der Waals surface area contributed by atoms with Gasteiger partial charge < -0.3 is 4.90 Å². The van der Waals surface area contributed by atoms with Crippen molar-refractivity contribution in [2.75, 3.05) is 25.0 Å². The van der Waals surface area contributed by atoms with Gasteiger partial charge in [-0.1, -0.05) is 0 Å². The monoisotopic (exact) mass is 287 g/mol. The molecule has 0 aromatic carbocycles. The Morgan fingerprint density at radius 3 is 2.62 bits per heavy atom. The summed E-state index contributed by atoms with van der Waals surface area (Å²) in [6, 6.07) is 0.524. The van der Waals surface area contributed by atoms with Gasteiger partial charge in [-0.05, 0) is 20.9 Å². The van der Waals surface area contributed by atoms with E-state index in [0.29, 0.717) is 6.04 Å². The minimum Gasteiger partial charge on any atom is -0.353 e. The van der Waals surface area contributed by atoms with Gasteiger partial charge in [0.1, 0.15) is 24.3 Å². The number of aryl methyl sites for hydroxylation is 2. The lowest BCUT2D eigenvalue weighted by atomic mass is 10.1. The summed E-state index contributed by atoms with van der Waals surface area (Å²) in [5.74, 6) is 2.05. The predicted octanol–water partition coefficient (Wildman–Crippen LogP) is 0.543. The summed E-state index contributed by atoms with van der Waals surface area (Å²) in [7, 11) is 4.06. The van der Waals surface area contributed by atoms with E-state index < -0.39 is 0 Å². The summed E-state index contributed by atoms with van der Waals surface area (Å²) >= 11 is 0. The Morgan fingerprint density at radius 1 is 1.19 bits per heavy atom. The van der Waals surface area contributed by atoms with Crippen LogP contribution in [0.3, 0.4) is 0 Å². The van der Waals surface area contributed by atoms with E-state index in [1.54, 1.807) is 12.7 Å². The second-order valence-electron chi connectivity index (χ2n) is 5.68. The molecule has 2 aromatic heterocycles. The average molecular weight is 287 g/mol. The zero-order valence-corrected chi connectivity index (χ0v) is 13.0. The van der Waals surface area contributed by atoms with Crippen molar-refractivity contribution in [1.82, 2.24) is 29.6 Å². The van der Waals surface area contributed by atoms with Crippen LogP contribution in [0.4, 0.5) is 5.82 Å². The first-order valence-corrected chi connectivity index (χ1v) is 7.12. The molecule has 0 saturated carbocycles. The quantitative estimate of drug-likeness (QED) is 0.818. The fourth-order valence-electron chi connectivity index (χ4n) is 2.57. The van der Waals surface area contributed by atoms with Crippen molar-refractivity contribution in [2.45, 2.75) is 26.4 Å². The molecule has 112 valence electrons. The topological polar surface area (TPSA) is 63.0 Å². The molecular formula is C14H21N7. The lowest BCUT2D eigenvalue weighted by Crippen LogP contribution is -2.58. The molecule has 1 saturated heterocycles. The van der Waals surface area contributed by atoms with Crippen LogP contribution in [-0.2, 0) is 13.6 Å². The fourth-order valence-corrected chi connectivity index (χ4v) is 2.57. The van der Waals surface area contributed by atoms with Gasteiger partial charge in [-0.2, -0.15) is 5.10 Å². The zero-order chi connectivity index (χ0) is 15.0. The van der Waals surface area contributed by atoms with E-state index in [4.69, 9.17) is 0 Å². The Balaban J connectivity index is 1.60. The lowest BCUT2D eigenvalue weighted by molar-refractivity contribution is 0.190. The first-order valence-electron chi connectivity index (χ1n) is 7.12. The Bertz CT molecular complexity index is 630. The molecule has 3 heterocycles. The summed E-state index contributed by atoms with van der Waals surface area (Å²) in [5, 5.41) is 4.11. The average Bonchev–Trinajstić information content (AvgIpc) is 2.78. The van der Waals surface area contributed by atoms with Crippen LogP contribution in [0.25, 0.3) is 0 Å². The highest BCUT2D eigenvalue weighted by Crippen LogP contribution is 2.25. The normalized spacial score (nSPS) is 15.6. The van der Waals surface area contributed by atoms with E-state index >= 15 is 0 Å². The van der Waals surface area contributed by atoms with Crippen LogP contribution in [0.2, 0.25) is 0 Å². The standard InChI is InChI=1S/C14H21N7/c1-10-11(2)15-8-17-14(10)21-5-12(6-21)19(3)7-13-16-9-18-20(13)4/h8-9,12H,5-7H2,1-4H3. The maximum absolute atomic E-state index is 4.41. The minimum absolute atomic E-state index is 0.524. The maximum Gasteiger partial charge on any atom is 0.140 e. The van der Waals surface area contributed by atoms with Gasteiger partial charge in [0.05, 0.1) is 6.54 Å². The highest BCUT2D eigenvalue weighted by molar-refractivity contribution is 5.50. The van der Waals surface area contributed by atoms with E-state index in [9.17, 15) is 0 Å². The van der Waals surface area contributed by atoms with Gasteiger partial charge in [0.25, 0.3) is 0 Å². The first kappa shape index (κ1) is 13.9. The van der Waals surface area contributed by atoms with E-state index in [-0.39, 0.29) is 0 Å². The maximum atomic E-state index is 4.41. The highest BCUT2D eigenvalue weighted by Gasteiger charge is 2.32. The van der Waals surface area contributed by atoms with Gasteiger partial charge >= 0.3 is 0 Å². The van der Waals surface area contributed by atoms with Gasteiger partial charge in [0.2, 0.25) is 0 Å². The number of nitrogens with zero attached hydrogens (tertiary/aromatic N) is 7. The first-order chi connectivity index (χ1) is 10.1. The lowest BCUT2D eigenvalue weighted by Gasteiger charge is -2.45. The van der Waals surface area contributed by atoms with Crippen molar-refractivity contribution in [2.24, 2.45) is 7.05 Å². The second-order valence-corrected chi connectivity index (χ2v) is 5.68. The molecule has 1 fully saturated rings. The van der Waals surface area contributed by atoms with Gasteiger partial charge in [0, 0.05) is 37.4 Å². The molecule has 7 heteroatoms. The number of rotatable bonds is 4. The molecule has 3 rings (SSSR count). The molecule has 0 bridgehead atoms. The minimum atomic E-state index is 0.524. The van der Waals surface area contributed by atoms with Crippen LogP contribution in [0.1, 0.15) is 17.1 Å². The Hall–Kier alpha value is -2.02. The van der Waals surface area contributed by atoms with Gasteiger partial charge in [0.15, 0.2) is 0 Å². The molecule has 0 N–H and O–H groups in total. The fraction of sp³-hybridized carbons (Fsp3) is 0.571. The largest absolute Gasteiger partial charge is 0.353 e. The summed E-state index contributed by atoms with van der Waals surface area (Å²) in [6.45, 7) is 6.91. The third-order valence-corrected chi connectivity index (χ3v) is 4.29. The van der Waals surface area contributed by atoms with Crippen LogP contribution in [0.15, 0.2) is 12.7 Å². The summed E-state index contributed by atoms with van der Waals surface area (Å²) < 4.78 is 1.82. The van der Waals surface area contributed by atoms with E-state index in [0.717, 1.165) is 37.0 Å². The molecule has 7 nitrogen and oxygen atoms in total. The van der Waals surface area contributed by atoms with Crippen molar-refractivity contribution < 1.29 is 0 Å². The van der Waals surface area contributed by atoms with Crippen molar-refractivity contribution in [3.8, 4) is 0 Å². The van der Waals surface area contributed by atoms with Gasteiger partial charge in [-0.15, -0.1) is 0 Å². The third-order valence-electron chi connectivity index (χ3n) is 4.29. The number of hydrogen-bond donors (Lipinski definition) is 0. The van der Waals surface area contributed by atoms with E-state index in [1.165, 1.54) is 5.56 Å². The van der Waals surface area contributed by atoms with Crippen LogP contribution < -0.4 is 4.90 Å². The summed E-state index contributed by atoms with van der Waals surface area (Å²) in [4.78, 5) is 17.5. The van der Waals surface area contributed by atoms with Crippen molar-refractivity contribution in [1.29, 1.82) is 0 Å². The molecule has 0 amide bonds. The Kier molecular flexibility index (Phi) is 3.59. The number of aromatic nitrogens is 5. The molecular weight excluding hydrogens is 266 g/mol. The van der Waals surface area contributed by atoms with Crippen LogP contribution in [-0.4, -0.2) is 55.8 Å². The SMILES string of the molecule is Cc1ncnc(N2CC(N(C)Cc3ncnn3C)C2)c1C. The highest BCUT2D eigenvalue weighted by atomic mass is 15.4. The summed E-state index contributed by atoms with van der Waals surface area (Å²) in [5.41, 5.74) is 2.22. The zero-order valence-electron chi connectivity index (χ0n) is 13.0. The van der Waals surface area contributed by atoms with Crippen LogP contribution >= 0.6 is 0 Å². The van der Waals surface area contributed by atoms with Crippen molar-refractivity contribution >= 4 is 5.82 Å². The second kappa shape index (κ2) is 5.40. The molecule has 0 unspecified atom stereocenters. The smallest absolute Gasteiger partial charge is 0.140 e. The molecule has 1 aliphatic heterocycles. The number of anilines is 1. The van der Waals surface area contributed by atoms with E-state index in [2.05, 4.69) is 43.8 Å². The van der Waals surface area contributed by atoms with E-state index in [1.807, 2.05) is 18.7 Å². The molecule has 0 atom stereocenters.